The minimum absolute atomic E-state index is 0.0456. The number of piperazine rings is 1. The molecule has 2 aromatic rings. The van der Waals surface area contributed by atoms with Crippen LogP contribution in [0.25, 0.3) is 0 Å². The van der Waals surface area contributed by atoms with Gasteiger partial charge in [-0.1, -0.05) is 6.07 Å². The number of benzene rings is 1. The second-order valence-corrected chi connectivity index (χ2v) is 9.15. The Morgan fingerprint density at radius 2 is 1.62 bits per heavy atom. The number of anilines is 1. The van der Waals surface area contributed by atoms with E-state index in [1.807, 2.05) is 32.2 Å². The van der Waals surface area contributed by atoms with Crippen molar-refractivity contribution in [2.45, 2.75) is 12.8 Å². The minimum atomic E-state index is -0.344. The van der Waals surface area contributed by atoms with Gasteiger partial charge >= 0.3 is 0 Å². The maximum Gasteiger partial charge on any atom is 0.263 e. The molecule has 4 rings (SSSR count). The Labute approximate surface area is 190 Å². The lowest BCUT2D eigenvalue weighted by atomic mass is 9.95. The average molecular weight is 459 g/mol. The molecule has 0 unspecified atom stereocenters. The fraction of sp³-hybridized carbons (Fsp3) is 0.435. The van der Waals surface area contributed by atoms with Gasteiger partial charge in [0.1, 0.15) is 5.82 Å². The molecular formula is C23H27FN4O3S. The average Bonchev–Trinajstić information content (AvgIpc) is 3.35. The molecule has 2 aliphatic heterocycles. The summed E-state index contributed by atoms with van der Waals surface area (Å²) in [6, 6.07) is 9.39. The molecule has 0 aliphatic carbocycles. The molecule has 170 valence electrons. The summed E-state index contributed by atoms with van der Waals surface area (Å²) in [6.07, 6.45) is 1.38. The lowest BCUT2D eigenvalue weighted by Gasteiger charge is -2.38. The summed E-state index contributed by atoms with van der Waals surface area (Å²) in [5.74, 6) is -0.333. The zero-order valence-electron chi connectivity index (χ0n) is 17.8. The Kier molecular flexibility index (Phi) is 7.16. The van der Waals surface area contributed by atoms with E-state index in [4.69, 9.17) is 0 Å². The topological polar surface area (TPSA) is 73.0 Å². The van der Waals surface area contributed by atoms with Gasteiger partial charge in [0.25, 0.3) is 5.91 Å². The normalized spacial score (nSPS) is 17.9. The van der Waals surface area contributed by atoms with Crippen LogP contribution in [-0.2, 0) is 9.59 Å². The van der Waals surface area contributed by atoms with Crippen LogP contribution in [0.1, 0.15) is 22.5 Å². The molecule has 9 heteroatoms. The number of thiophene rings is 1. The van der Waals surface area contributed by atoms with Crippen LogP contribution in [0, 0.1) is 11.7 Å². The van der Waals surface area contributed by atoms with Gasteiger partial charge in [-0.25, -0.2) is 4.39 Å². The fourth-order valence-electron chi connectivity index (χ4n) is 4.21. The van der Waals surface area contributed by atoms with Gasteiger partial charge in [-0.15, -0.1) is 11.3 Å². The highest BCUT2D eigenvalue weighted by Crippen LogP contribution is 2.23. The number of halogens is 1. The number of nitrogens with zero attached hydrogens (tertiary/aromatic N) is 3. The highest BCUT2D eigenvalue weighted by molar-refractivity contribution is 7.12. The van der Waals surface area contributed by atoms with E-state index in [0.29, 0.717) is 57.8 Å². The van der Waals surface area contributed by atoms with Crippen molar-refractivity contribution >= 4 is 34.7 Å². The Morgan fingerprint density at radius 3 is 2.25 bits per heavy atom. The van der Waals surface area contributed by atoms with Gasteiger partial charge in [0.05, 0.1) is 11.4 Å². The highest BCUT2D eigenvalue weighted by atomic mass is 32.1. The van der Waals surface area contributed by atoms with Gasteiger partial charge in [0.15, 0.2) is 0 Å². The fourth-order valence-corrected chi connectivity index (χ4v) is 4.90. The number of hydrogen-bond acceptors (Lipinski definition) is 5. The van der Waals surface area contributed by atoms with Crippen molar-refractivity contribution in [2.75, 3.05) is 51.1 Å². The predicted molar refractivity (Wildman–Crippen MR) is 121 cm³/mol. The van der Waals surface area contributed by atoms with Crippen LogP contribution in [0.15, 0.2) is 41.8 Å². The van der Waals surface area contributed by atoms with Crippen LogP contribution in [0.2, 0.25) is 0 Å². The van der Waals surface area contributed by atoms with E-state index in [9.17, 15) is 18.8 Å². The maximum absolute atomic E-state index is 13.0. The molecule has 2 saturated heterocycles. The lowest BCUT2D eigenvalue weighted by Crippen LogP contribution is -2.53. The quantitative estimate of drug-likeness (QED) is 0.748. The van der Waals surface area contributed by atoms with Crippen molar-refractivity contribution in [1.29, 1.82) is 0 Å². The molecule has 1 aromatic heterocycles. The van der Waals surface area contributed by atoms with Crippen molar-refractivity contribution in [2.24, 2.45) is 5.92 Å². The number of piperidine rings is 1. The van der Waals surface area contributed by atoms with E-state index >= 15 is 0 Å². The summed E-state index contributed by atoms with van der Waals surface area (Å²) in [5.41, 5.74) is 0.564. The summed E-state index contributed by atoms with van der Waals surface area (Å²) in [6.45, 7) is 3.92. The summed E-state index contributed by atoms with van der Waals surface area (Å²) in [4.78, 5) is 44.2. The molecule has 2 aliphatic rings. The van der Waals surface area contributed by atoms with Gasteiger partial charge in [0, 0.05) is 50.9 Å². The molecule has 0 saturated carbocycles. The van der Waals surface area contributed by atoms with Crippen LogP contribution in [0.3, 0.4) is 0 Å². The zero-order chi connectivity index (χ0) is 22.5. The third-order valence-corrected chi connectivity index (χ3v) is 6.90. The second kappa shape index (κ2) is 10.2. The Morgan fingerprint density at radius 1 is 0.938 bits per heavy atom. The first-order valence-corrected chi connectivity index (χ1v) is 11.8. The van der Waals surface area contributed by atoms with Crippen molar-refractivity contribution < 1.29 is 18.8 Å². The number of carbonyl (C=O) groups excluding carboxylic acids is 3. The zero-order valence-corrected chi connectivity index (χ0v) is 18.7. The molecule has 7 nitrogen and oxygen atoms in total. The predicted octanol–water partition coefficient (Wildman–Crippen LogP) is 2.52. The Hall–Kier alpha value is -2.78. The number of carbonyl (C=O) groups is 3. The molecule has 2 fully saturated rings. The number of amides is 3. The van der Waals surface area contributed by atoms with E-state index in [2.05, 4.69) is 5.32 Å². The number of hydrogen-bond donors (Lipinski definition) is 1. The van der Waals surface area contributed by atoms with E-state index in [0.717, 1.165) is 4.88 Å². The smallest absolute Gasteiger partial charge is 0.263 e. The SMILES string of the molecule is O=C(CN1CCN(C(=O)C2CCN(C(=O)c3cccs3)CC2)CC1)Nc1ccc(F)cc1. The number of likely N-dealkylation sites (tertiary alicyclic amines) is 1. The molecule has 0 bridgehead atoms. The van der Waals surface area contributed by atoms with E-state index in [1.54, 1.807) is 0 Å². The number of nitrogens with one attached hydrogen (secondary N) is 1. The van der Waals surface area contributed by atoms with Gasteiger partial charge < -0.3 is 15.1 Å². The molecule has 32 heavy (non-hydrogen) atoms. The van der Waals surface area contributed by atoms with Crippen LogP contribution < -0.4 is 5.32 Å². The first kappa shape index (κ1) is 22.4. The van der Waals surface area contributed by atoms with Crippen molar-refractivity contribution in [3.05, 3.63) is 52.5 Å². The molecule has 3 amide bonds. The third-order valence-electron chi connectivity index (χ3n) is 6.04. The van der Waals surface area contributed by atoms with Crippen LogP contribution in [0.5, 0.6) is 0 Å². The summed E-state index contributed by atoms with van der Waals surface area (Å²) in [7, 11) is 0. The van der Waals surface area contributed by atoms with Gasteiger partial charge in [-0.05, 0) is 48.6 Å². The molecule has 0 atom stereocenters. The van der Waals surface area contributed by atoms with E-state index < -0.39 is 0 Å². The largest absolute Gasteiger partial charge is 0.340 e. The highest BCUT2D eigenvalue weighted by Gasteiger charge is 2.32. The van der Waals surface area contributed by atoms with Crippen molar-refractivity contribution in [3.8, 4) is 0 Å². The van der Waals surface area contributed by atoms with Crippen molar-refractivity contribution in [1.82, 2.24) is 14.7 Å². The van der Waals surface area contributed by atoms with Crippen LogP contribution in [-0.4, -0.2) is 78.2 Å². The molecule has 1 N–H and O–H groups in total. The standard InChI is InChI=1S/C23H27FN4O3S/c24-18-3-5-19(6-4-18)25-21(29)16-26-11-13-28(14-12-26)22(30)17-7-9-27(10-8-17)23(31)20-2-1-15-32-20/h1-6,15,17H,7-14,16H2,(H,25,29). The summed E-state index contributed by atoms with van der Waals surface area (Å²) >= 11 is 1.45. The number of rotatable bonds is 5. The minimum Gasteiger partial charge on any atom is -0.340 e. The lowest BCUT2D eigenvalue weighted by molar-refractivity contribution is -0.138. The van der Waals surface area contributed by atoms with E-state index in [-0.39, 0.29) is 36.0 Å². The third kappa shape index (κ3) is 5.52. The van der Waals surface area contributed by atoms with Gasteiger partial charge in [-0.3, -0.25) is 19.3 Å². The maximum atomic E-state index is 13.0. The molecular weight excluding hydrogens is 431 g/mol. The van der Waals surface area contributed by atoms with Gasteiger partial charge in [0.2, 0.25) is 11.8 Å². The van der Waals surface area contributed by atoms with E-state index in [1.165, 1.54) is 35.6 Å². The molecule has 0 spiro atoms. The Bertz CT molecular complexity index is 935. The van der Waals surface area contributed by atoms with Crippen LogP contribution >= 0.6 is 11.3 Å². The summed E-state index contributed by atoms with van der Waals surface area (Å²) < 4.78 is 13.0. The monoisotopic (exact) mass is 458 g/mol. The second-order valence-electron chi connectivity index (χ2n) is 8.20. The van der Waals surface area contributed by atoms with Crippen molar-refractivity contribution in [3.63, 3.8) is 0 Å². The molecule has 1 aromatic carbocycles. The molecule has 0 radical (unpaired) electrons. The Balaban J connectivity index is 1.19. The first-order chi connectivity index (χ1) is 15.5. The van der Waals surface area contributed by atoms with Gasteiger partial charge in [-0.2, -0.15) is 0 Å². The summed E-state index contributed by atoms with van der Waals surface area (Å²) in [5, 5.41) is 4.66. The van der Waals surface area contributed by atoms with Crippen LogP contribution in [0.4, 0.5) is 10.1 Å². The molecule has 3 heterocycles. The first-order valence-electron chi connectivity index (χ1n) is 10.9.